The summed E-state index contributed by atoms with van der Waals surface area (Å²) in [6.45, 7) is 0. The molecule has 0 unspecified atom stereocenters. The predicted molar refractivity (Wildman–Crippen MR) is 100 cm³/mol. The van der Waals surface area contributed by atoms with Gasteiger partial charge in [-0.15, -0.1) is 11.8 Å². The fourth-order valence-electron chi connectivity index (χ4n) is 2.34. The van der Waals surface area contributed by atoms with Crippen molar-refractivity contribution in [3.05, 3.63) is 42.1 Å². The van der Waals surface area contributed by atoms with Crippen LogP contribution in [-0.2, 0) is 10.0 Å². The van der Waals surface area contributed by atoms with Gasteiger partial charge >= 0.3 is 0 Å². The molecule has 0 fully saturated rings. The van der Waals surface area contributed by atoms with Crippen LogP contribution >= 0.6 is 11.8 Å². The van der Waals surface area contributed by atoms with Crippen molar-refractivity contribution >= 4 is 38.9 Å². The first-order chi connectivity index (χ1) is 12.4. The van der Waals surface area contributed by atoms with Crippen molar-refractivity contribution in [3.8, 4) is 6.07 Å². The smallest absolute Gasteiger partial charge is 0.242 e. The SMILES string of the molecule is CSc1nc2ccnn2c(Nc2ccc(S(=O)(=O)N(C)C)cc2)c1C#N. The van der Waals surface area contributed by atoms with E-state index in [4.69, 9.17) is 0 Å². The highest BCUT2D eigenvalue weighted by Crippen LogP contribution is 2.28. The largest absolute Gasteiger partial charge is 0.339 e. The maximum Gasteiger partial charge on any atom is 0.242 e. The zero-order valence-corrected chi connectivity index (χ0v) is 16.0. The van der Waals surface area contributed by atoms with Gasteiger partial charge in [0.05, 0.1) is 11.1 Å². The molecule has 0 saturated heterocycles. The molecule has 2 heterocycles. The monoisotopic (exact) mass is 388 g/mol. The van der Waals surface area contributed by atoms with E-state index in [1.54, 1.807) is 28.9 Å². The molecule has 0 atom stereocenters. The zero-order chi connectivity index (χ0) is 18.9. The van der Waals surface area contributed by atoms with E-state index in [-0.39, 0.29) is 4.90 Å². The molecular weight excluding hydrogens is 372 g/mol. The van der Waals surface area contributed by atoms with E-state index in [2.05, 4.69) is 21.5 Å². The van der Waals surface area contributed by atoms with Crippen LogP contribution in [0.15, 0.2) is 46.5 Å². The summed E-state index contributed by atoms with van der Waals surface area (Å²) in [6.07, 6.45) is 3.45. The van der Waals surface area contributed by atoms with Crippen molar-refractivity contribution in [2.75, 3.05) is 25.7 Å². The number of nitriles is 1. The highest BCUT2D eigenvalue weighted by molar-refractivity contribution is 7.98. The van der Waals surface area contributed by atoms with Gasteiger partial charge in [0.15, 0.2) is 11.5 Å². The third-order valence-corrected chi connectivity index (χ3v) is 6.21. The lowest BCUT2D eigenvalue weighted by Gasteiger charge is -2.14. The maximum absolute atomic E-state index is 12.2. The molecule has 2 aromatic heterocycles. The summed E-state index contributed by atoms with van der Waals surface area (Å²) in [5.41, 5.74) is 1.62. The van der Waals surface area contributed by atoms with Gasteiger partial charge in [0.1, 0.15) is 16.7 Å². The lowest BCUT2D eigenvalue weighted by atomic mass is 10.3. The van der Waals surface area contributed by atoms with Crippen LogP contribution in [0.1, 0.15) is 5.56 Å². The van der Waals surface area contributed by atoms with E-state index in [9.17, 15) is 13.7 Å². The number of benzene rings is 1. The van der Waals surface area contributed by atoms with E-state index in [0.29, 0.717) is 27.7 Å². The topological polar surface area (TPSA) is 103 Å². The predicted octanol–water partition coefficient (Wildman–Crippen LogP) is 2.32. The summed E-state index contributed by atoms with van der Waals surface area (Å²) in [7, 11) is -0.529. The quantitative estimate of drug-likeness (QED) is 0.528. The number of thioether (sulfide) groups is 1. The van der Waals surface area contributed by atoms with Crippen LogP contribution in [0.5, 0.6) is 0 Å². The van der Waals surface area contributed by atoms with Crippen LogP contribution in [0.2, 0.25) is 0 Å². The molecule has 0 amide bonds. The molecule has 0 aliphatic carbocycles. The summed E-state index contributed by atoms with van der Waals surface area (Å²) in [5.74, 6) is 0.482. The van der Waals surface area contributed by atoms with E-state index in [0.717, 1.165) is 4.31 Å². The highest BCUT2D eigenvalue weighted by Gasteiger charge is 2.18. The Bertz CT molecular complexity index is 1100. The molecule has 0 aliphatic heterocycles. The van der Waals surface area contributed by atoms with Gasteiger partial charge in [0.25, 0.3) is 0 Å². The first-order valence-electron chi connectivity index (χ1n) is 7.50. The van der Waals surface area contributed by atoms with Gasteiger partial charge < -0.3 is 5.32 Å². The molecule has 0 aliphatic rings. The maximum atomic E-state index is 12.2. The standard InChI is InChI=1S/C16H16N6O2S2/c1-21(2)26(23,24)12-6-4-11(5-7-12)19-15-13(10-17)16(25-3)20-14-8-9-18-22(14)15/h4-9,19H,1-3H3. The number of anilines is 2. The molecule has 3 aromatic rings. The Morgan fingerprint density at radius 2 is 1.92 bits per heavy atom. The van der Waals surface area contributed by atoms with Crippen molar-refractivity contribution < 1.29 is 8.42 Å². The third kappa shape index (κ3) is 3.12. The van der Waals surface area contributed by atoms with Gasteiger partial charge in [-0.05, 0) is 30.5 Å². The van der Waals surface area contributed by atoms with Crippen LogP contribution in [0.3, 0.4) is 0 Å². The number of hydrogen-bond acceptors (Lipinski definition) is 7. The molecule has 10 heteroatoms. The number of aromatic nitrogens is 3. The molecule has 1 N–H and O–H groups in total. The van der Waals surface area contributed by atoms with Crippen LogP contribution in [-0.4, -0.2) is 47.7 Å². The van der Waals surface area contributed by atoms with Crippen molar-refractivity contribution in [2.45, 2.75) is 9.92 Å². The molecule has 0 spiro atoms. The number of sulfonamides is 1. The summed E-state index contributed by atoms with van der Waals surface area (Å²) in [4.78, 5) is 4.60. The molecule has 8 nitrogen and oxygen atoms in total. The van der Waals surface area contributed by atoms with Gasteiger partial charge in [0, 0.05) is 25.8 Å². The Morgan fingerprint density at radius 1 is 1.23 bits per heavy atom. The second kappa shape index (κ2) is 6.95. The van der Waals surface area contributed by atoms with Gasteiger partial charge in [-0.1, -0.05) is 0 Å². The Labute approximate surface area is 155 Å². The fraction of sp³-hybridized carbons (Fsp3) is 0.188. The average molecular weight is 388 g/mol. The Morgan fingerprint density at radius 3 is 2.50 bits per heavy atom. The summed E-state index contributed by atoms with van der Waals surface area (Å²) >= 11 is 1.37. The lowest BCUT2D eigenvalue weighted by molar-refractivity contribution is 0.521. The molecular formula is C16H16N6O2S2. The first kappa shape index (κ1) is 18.2. The van der Waals surface area contributed by atoms with Crippen LogP contribution in [0, 0.1) is 11.3 Å². The molecule has 1 aromatic carbocycles. The van der Waals surface area contributed by atoms with Crippen molar-refractivity contribution in [1.29, 1.82) is 5.26 Å². The van der Waals surface area contributed by atoms with Crippen molar-refractivity contribution in [1.82, 2.24) is 18.9 Å². The number of rotatable bonds is 5. The van der Waals surface area contributed by atoms with Gasteiger partial charge in [0.2, 0.25) is 10.0 Å². The Balaban J connectivity index is 2.05. The van der Waals surface area contributed by atoms with E-state index in [1.165, 1.54) is 38.0 Å². The van der Waals surface area contributed by atoms with E-state index >= 15 is 0 Å². The fourth-order valence-corrected chi connectivity index (χ4v) is 3.78. The number of hydrogen-bond donors (Lipinski definition) is 1. The molecule has 0 saturated carbocycles. The Hall–Kier alpha value is -2.61. The summed E-state index contributed by atoms with van der Waals surface area (Å²) < 4.78 is 27.0. The van der Waals surface area contributed by atoms with Crippen LogP contribution < -0.4 is 5.32 Å². The molecule has 0 radical (unpaired) electrons. The first-order valence-corrected chi connectivity index (χ1v) is 10.2. The van der Waals surface area contributed by atoms with Gasteiger partial charge in [-0.25, -0.2) is 17.7 Å². The normalized spacial score (nSPS) is 11.7. The minimum absolute atomic E-state index is 0.192. The van der Waals surface area contributed by atoms with E-state index < -0.39 is 10.0 Å². The molecule has 0 bridgehead atoms. The highest BCUT2D eigenvalue weighted by atomic mass is 32.2. The molecule has 3 rings (SSSR count). The third-order valence-electron chi connectivity index (χ3n) is 3.70. The number of nitrogens with one attached hydrogen (secondary N) is 1. The minimum Gasteiger partial charge on any atom is -0.339 e. The molecule has 134 valence electrons. The number of fused-ring (bicyclic) bond motifs is 1. The summed E-state index contributed by atoms with van der Waals surface area (Å²) in [6, 6.07) is 10.2. The summed E-state index contributed by atoms with van der Waals surface area (Å²) in [5, 5.41) is 17.5. The van der Waals surface area contributed by atoms with Crippen molar-refractivity contribution in [3.63, 3.8) is 0 Å². The molecule has 26 heavy (non-hydrogen) atoms. The second-order valence-electron chi connectivity index (χ2n) is 5.49. The van der Waals surface area contributed by atoms with Crippen LogP contribution in [0.4, 0.5) is 11.5 Å². The van der Waals surface area contributed by atoms with E-state index in [1.807, 2.05) is 6.26 Å². The van der Waals surface area contributed by atoms with Crippen LogP contribution in [0.25, 0.3) is 5.65 Å². The van der Waals surface area contributed by atoms with Gasteiger partial charge in [-0.2, -0.15) is 14.9 Å². The van der Waals surface area contributed by atoms with Crippen molar-refractivity contribution in [2.24, 2.45) is 0 Å². The number of nitrogens with zero attached hydrogens (tertiary/aromatic N) is 5. The lowest BCUT2D eigenvalue weighted by Crippen LogP contribution is -2.22. The Kier molecular flexibility index (Phi) is 4.86. The zero-order valence-electron chi connectivity index (χ0n) is 14.3. The second-order valence-corrected chi connectivity index (χ2v) is 8.44. The average Bonchev–Trinajstić information content (AvgIpc) is 3.10. The van der Waals surface area contributed by atoms with Gasteiger partial charge in [-0.3, -0.25) is 0 Å². The minimum atomic E-state index is -3.49.